The fraction of sp³-hybridized carbons (Fsp3) is 0.333. The second-order valence-corrected chi connectivity index (χ2v) is 3.50. The first-order valence-corrected chi connectivity index (χ1v) is 5.19. The standard InChI is InChI=1S/C12H15NO2/c1-2-6-15-11-5-3-4-10-12(11)9(8-14)7-13-10/h3-5,7,13-14H,2,6,8H2,1H3. The van der Waals surface area contributed by atoms with Gasteiger partial charge in [-0.25, -0.2) is 0 Å². The molecule has 0 aliphatic rings. The first-order valence-electron chi connectivity index (χ1n) is 5.19. The number of H-pyrrole nitrogens is 1. The topological polar surface area (TPSA) is 45.2 Å². The number of benzene rings is 1. The second kappa shape index (κ2) is 4.36. The third-order valence-electron chi connectivity index (χ3n) is 2.38. The zero-order valence-corrected chi connectivity index (χ0v) is 8.79. The molecule has 0 saturated heterocycles. The molecule has 0 aliphatic carbocycles. The van der Waals surface area contributed by atoms with E-state index >= 15 is 0 Å². The average Bonchev–Trinajstić information content (AvgIpc) is 2.69. The SMILES string of the molecule is CCCOc1cccc2[nH]cc(CO)c12. The van der Waals surface area contributed by atoms with Crippen molar-refractivity contribution in [2.45, 2.75) is 20.0 Å². The summed E-state index contributed by atoms with van der Waals surface area (Å²) in [5, 5.41) is 10.2. The third kappa shape index (κ3) is 1.83. The zero-order valence-electron chi connectivity index (χ0n) is 8.79. The summed E-state index contributed by atoms with van der Waals surface area (Å²) in [6.45, 7) is 2.81. The highest BCUT2D eigenvalue weighted by Crippen LogP contribution is 2.28. The van der Waals surface area contributed by atoms with Crippen molar-refractivity contribution < 1.29 is 9.84 Å². The molecule has 1 aromatic heterocycles. The van der Waals surface area contributed by atoms with Gasteiger partial charge in [-0.3, -0.25) is 0 Å². The van der Waals surface area contributed by atoms with Crippen LogP contribution in [0.4, 0.5) is 0 Å². The van der Waals surface area contributed by atoms with Crippen molar-refractivity contribution in [3.05, 3.63) is 30.0 Å². The highest BCUT2D eigenvalue weighted by molar-refractivity contribution is 5.89. The van der Waals surface area contributed by atoms with Gasteiger partial charge in [0.05, 0.1) is 13.2 Å². The van der Waals surface area contributed by atoms with Crippen molar-refractivity contribution >= 4 is 10.9 Å². The lowest BCUT2D eigenvalue weighted by atomic mass is 10.1. The predicted molar refractivity (Wildman–Crippen MR) is 60.0 cm³/mol. The Morgan fingerprint density at radius 1 is 1.40 bits per heavy atom. The van der Waals surface area contributed by atoms with E-state index in [9.17, 15) is 5.11 Å². The molecular weight excluding hydrogens is 190 g/mol. The molecule has 3 nitrogen and oxygen atoms in total. The Morgan fingerprint density at radius 2 is 2.27 bits per heavy atom. The van der Waals surface area contributed by atoms with Gasteiger partial charge in [-0.2, -0.15) is 0 Å². The lowest BCUT2D eigenvalue weighted by Gasteiger charge is -2.06. The number of aliphatic hydroxyl groups excluding tert-OH is 1. The minimum atomic E-state index is 0.0342. The summed E-state index contributed by atoms with van der Waals surface area (Å²) < 4.78 is 5.64. The molecule has 15 heavy (non-hydrogen) atoms. The number of nitrogens with one attached hydrogen (secondary N) is 1. The minimum absolute atomic E-state index is 0.0342. The molecule has 0 saturated carbocycles. The van der Waals surface area contributed by atoms with Gasteiger partial charge in [0.25, 0.3) is 0 Å². The third-order valence-corrected chi connectivity index (χ3v) is 2.38. The van der Waals surface area contributed by atoms with Gasteiger partial charge in [0.15, 0.2) is 0 Å². The highest BCUT2D eigenvalue weighted by Gasteiger charge is 2.08. The number of aromatic nitrogens is 1. The van der Waals surface area contributed by atoms with Crippen LogP contribution >= 0.6 is 0 Å². The fourth-order valence-electron chi connectivity index (χ4n) is 1.68. The molecule has 0 aliphatic heterocycles. The van der Waals surface area contributed by atoms with Gasteiger partial charge < -0.3 is 14.8 Å². The Kier molecular flexibility index (Phi) is 2.92. The van der Waals surface area contributed by atoms with Gasteiger partial charge >= 0.3 is 0 Å². The maximum absolute atomic E-state index is 9.20. The number of ether oxygens (including phenoxy) is 1. The van der Waals surface area contributed by atoms with Crippen molar-refractivity contribution in [2.24, 2.45) is 0 Å². The second-order valence-electron chi connectivity index (χ2n) is 3.50. The summed E-state index contributed by atoms with van der Waals surface area (Å²) in [6, 6.07) is 5.86. The molecule has 0 amide bonds. The number of aliphatic hydroxyl groups is 1. The van der Waals surface area contributed by atoms with Crippen molar-refractivity contribution in [3.8, 4) is 5.75 Å². The number of hydrogen-bond donors (Lipinski definition) is 2. The van der Waals surface area contributed by atoms with Crippen molar-refractivity contribution in [3.63, 3.8) is 0 Å². The van der Waals surface area contributed by atoms with Crippen LogP contribution < -0.4 is 4.74 Å². The molecule has 2 N–H and O–H groups in total. The molecule has 0 bridgehead atoms. The van der Waals surface area contributed by atoms with Gasteiger partial charge in [-0.05, 0) is 18.6 Å². The minimum Gasteiger partial charge on any atom is -0.493 e. The lowest BCUT2D eigenvalue weighted by Crippen LogP contribution is -1.95. The fourth-order valence-corrected chi connectivity index (χ4v) is 1.68. The number of fused-ring (bicyclic) bond motifs is 1. The Labute approximate surface area is 88.7 Å². The first kappa shape index (κ1) is 10.1. The number of aromatic amines is 1. The molecule has 0 fully saturated rings. The normalized spacial score (nSPS) is 10.8. The maximum atomic E-state index is 9.20. The lowest BCUT2D eigenvalue weighted by molar-refractivity contribution is 0.282. The van der Waals surface area contributed by atoms with Crippen LogP contribution in [0.15, 0.2) is 24.4 Å². The van der Waals surface area contributed by atoms with E-state index in [1.165, 1.54) is 0 Å². The molecule has 0 radical (unpaired) electrons. The van der Waals surface area contributed by atoms with E-state index in [-0.39, 0.29) is 6.61 Å². The molecule has 0 atom stereocenters. The van der Waals surface area contributed by atoms with Crippen LogP contribution in [0.3, 0.4) is 0 Å². The molecule has 1 aromatic carbocycles. The van der Waals surface area contributed by atoms with Crippen LogP contribution in [0.2, 0.25) is 0 Å². The van der Waals surface area contributed by atoms with Gasteiger partial charge in [0, 0.05) is 22.7 Å². The van der Waals surface area contributed by atoms with E-state index in [2.05, 4.69) is 11.9 Å². The van der Waals surface area contributed by atoms with E-state index in [0.717, 1.165) is 28.6 Å². The molecule has 0 unspecified atom stereocenters. The Hall–Kier alpha value is -1.48. The smallest absolute Gasteiger partial charge is 0.129 e. The van der Waals surface area contributed by atoms with Crippen LogP contribution in [0.1, 0.15) is 18.9 Å². The molecule has 2 aromatic rings. The maximum Gasteiger partial charge on any atom is 0.129 e. The zero-order chi connectivity index (χ0) is 10.7. The van der Waals surface area contributed by atoms with Crippen LogP contribution in [0.25, 0.3) is 10.9 Å². The number of hydrogen-bond acceptors (Lipinski definition) is 2. The van der Waals surface area contributed by atoms with Crippen molar-refractivity contribution in [2.75, 3.05) is 6.61 Å². The largest absolute Gasteiger partial charge is 0.493 e. The van der Waals surface area contributed by atoms with Crippen LogP contribution in [0.5, 0.6) is 5.75 Å². The Bertz CT molecular complexity index is 448. The van der Waals surface area contributed by atoms with E-state index in [4.69, 9.17) is 4.74 Å². The summed E-state index contributed by atoms with van der Waals surface area (Å²) in [6.07, 6.45) is 2.80. The van der Waals surface area contributed by atoms with Gasteiger partial charge in [0.2, 0.25) is 0 Å². The quantitative estimate of drug-likeness (QED) is 0.805. The number of rotatable bonds is 4. The average molecular weight is 205 g/mol. The summed E-state index contributed by atoms with van der Waals surface area (Å²) in [5.41, 5.74) is 1.89. The summed E-state index contributed by atoms with van der Waals surface area (Å²) in [4.78, 5) is 3.12. The molecule has 1 heterocycles. The summed E-state index contributed by atoms with van der Waals surface area (Å²) in [7, 11) is 0. The van der Waals surface area contributed by atoms with Crippen LogP contribution in [-0.4, -0.2) is 16.7 Å². The van der Waals surface area contributed by atoms with Gasteiger partial charge in [-0.15, -0.1) is 0 Å². The van der Waals surface area contributed by atoms with E-state index in [0.29, 0.717) is 6.61 Å². The van der Waals surface area contributed by atoms with E-state index in [1.807, 2.05) is 24.4 Å². The van der Waals surface area contributed by atoms with E-state index in [1.54, 1.807) is 0 Å². The predicted octanol–water partition coefficient (Wildman–Crippen LogP) is 2.45. The van der Waals surface area contributed by atoms with Gasteiger partial charge in [0.1, 0.15) is 5.75 Å². The monoisotopic (exact) mass is 205 g/mol. The Morgan fingerprint density at radius 3 is 3.00 bits per heavy atom. The first-order chi connectivity index (χ1) is 7.36. The molecule has 0 spiro atoms. The molecule has 2 rings (SSSR count). The molecular formula is C12H15NO2. The van der Waals surface area contributed by atoms with Gasteiger partial charge in [-0.1, -0.05) is 13.0 Å². The Balaban J connectivity index is 2.47. The highest BCUT2D eigenvalue weighted by atomic mass is 16.5. The van der Waals surface area contributed by atoms with Crippen molar-refractivity contribution in [1.82, 2.24) is 4.98 Å². The van der Waals surface area contributed by atoms with E-state index < -0.39 is 0 Å². The summed E-state index contributed by atoms with van der Waals surface area (Å²) >= 11 is 0. The molecule has 80 valence electrons. The molecule has 3 heteroatoms. The van der Waals surface area contributed by atoms with Crippen LogP contribution in [-0.2, 0) is 6.61 Å². The summed E-state index contributed by atoms with van der Waals surface area (Å²) in [5.74, 6) is 0.847. The van der Waals surface area contributed by atoms with Crippen molar-refractivity contribution in [1.29, 1.82) is 0 Å². The van der Waals surface area contributed by atoms with Crippen LogP contribution in [0, 0.1) is 0 Å².